The first-order chi connectivity index (χ1) is 9.06. The van der Waals surface area contributed by atoms with Gasteiger partial charge in [-0.05, 0) is 32.1 Å². The first-order valence-electron chi connectivity index (χ1n) is 7.37. The molecule has 2 fully saturated rings. The predicted octanol–water partition coefficient (Wildman–Crippen LogP) is 2.36. The second kappa shape index (κ2) is 5.80. The van der Waals surface area contributed by atoms with Crippen molar-refractivity contribution in [3.8, 4) is 0 Å². The van der Waals surface area contributed by atoms with Crippen LogP contribution in [0.15, 0.2) is 0 Å². The van der Waals surface area contributed by atoms with Crippen LogP contribution in [0.2, 0.25) is 0 Å². The highest BCUT2D eigenvalue weighted by Crippen LogP contribution is 2.33. The predicted molar refractivity (Wildman–Crippen MR) is 72.0 cm³/mol. The van der Waals surface area contributed by atoms with E-state index in [0.29, 0.717) is 6.04 Å². The van der Waals surface area contributed by atoms with Gasteiger partial charge in [0, 0.05) is 12.6 Å². The third-order valence-electron chi connectivity index (χ3n) is 4.53. The van der Waals surface area contributed by atoms with Crippen LogP contribution in [-0.2, 0) is 4.79 Å². The number of hydrogen-bond donors (Lipinski definition) is 2. The van der Waals surface area contributed by atoms with E-state index in [2.05, 4.69) is 12.2 Å². The van der Waals surface area contributed by atoms with E-state index < -0.39 is 11.5 Å². The fourth-order valence-electron chi connectivity index (χ4n) is 3.51. The van der Waals surface area contributed by atoms with E-state index in [-0.39, 0.29) is 12.5 Å². The van der Waals surface area contributed by atoms with Crippen LogP contribution in [0.4, 0.5) is 4.79 Å². The maximum atomic E-state index is 12.4. The molecule has 2 rings (SSSR count). The molecule has 2 amide bonds. The molecule has 5 heteroatoms. The van der Waals surface area contributed by atoms with E-state index in [4.69, 9.17) is 5.11 Å². The van der Waals surface area contributed by atoms with Crippen LogP contribution in [0.3, 0.4) is 0 Å². The van der Waals surface area contributed by atoms with E-state index in [1.165, 1.54) is 0 Å². The number of carbonyl (C=O) groups excluding carboxylic acids is 1. The second-order valence-corrected chi connectivity index (χ2v) is 5.89. The Bertz CT molecular complexity index is 351. The molecule has 1 saturated heterocycles. The highest BCUT2D eigenvalue weighted by molar-refractivity contribution is 5.77. The number of nitrogens with one attached hydrogen (secondary N) is 1. The largest absolute Gasteiger partial charge is 0.481 e. The molecule has 2 N–H and O–H groups in total. The van der Waals surface area contributed by atoms with Crippen molar-refractivity contribution < 1.29 is 14.7 Å². The molecular weight excluding hydrogens is 244 g/mol. The molecule has 108 valence electrons. The van der Waals surface area contributed by atoms with Gasteiger partial charge in [0.25, 0.3) is 0 Å². The minimum atomic E-state index is -0.823. The molecule has 1 aliphatic carbocycles. The van der Waals surface area contributed by atoms with E-state index in [1.807, 2.05) is 4.90 Å². The van der Waals surface area contributed by atoms with Crippen molar-refractivity contribution >= 4 is 12.0 Å². The molecule has 0 spiro atoms. The maximum Gasteiger partial charge on any atom is 0.318 e. The summed E-state index contributed by atoms with van der Waals surface area (Å²) in [6, 6.07) is 0.260. The molecule has 0 bridgehead atoms. The summed E-state index contributed by atoms with van der Waals surface area (Å²) in [5.74, 6) is -0.823. The smallest absolute Gasteiger partial charge is 0.318 e. The number of carboxylic acids is 1. The zero-order chi connectivity index (χ0) is 13.9. The Morgan fingerprint density at radius 2 is 2.00 bits per heavy atom. The Kier molecular flexibility index (Phi) is 4.32. The van der Waals surface area contributed by atoms with Crippen LogP contribution >= 0.6 is 0 Å². The van der Waals surface area contributed by atoms with E-state index in [1.54, 1.807) is 0 Å². The average molecular weight is 268 g/mol. The van der Waals surface area contributed by atoms with Gasteiger partial charge in [-0.15, -0.1) is 0 Å². The lowest BCUT2D eigenvalue weighted by Gasteiger charge is -2.33. The summed E-state index contributed by atoms with van der Waals surface area (Å²) in [7, 11) is 0. The number of aliphatic carboxylic acids is 1. The Morgan fingerprint density at radius 1 is 1.32 bits per heavy atom. The van der Waals surface area contributed by atoms with Gasteiger partial charge >= 0.3 is 12.0 Å². The summed E-state index contributed by atoms with van der Waals surface area (Å²) in [4.78, 5) is 25.3. The van der Waals surface area contributed by atoms with E-state index in [0.717, 1.165) is 51.5 Å². The molecule has 19 heavy (non-hydrogen) atoms. The maximum absolute atomic E-state index is 12.4. The number of likely N-dealkylation sites (tertiary alicyclic amines) is 1. The summed E-state index contributed by atoms with van der Waals surface area (Å²) < 4.78 is 0. The Hall–Kier alpha value is -1.26. The lowest BCUT2D eigenvalue weighted by atomic mass is 9.93. The van der Waals surface area contributed by atoms with Crippen molar-refractivity contribution in [3.05, 3.63) is 0 Å². The normalized spacial score (nSPS) is 25.5. The van der Waals surface area contributed by atoms with Gasteiger partial charge in [-0.1, -0.05) is 19.8 Å². The van der Waals surface area contributed by atoms with Gasteiger partial charge in [-0.2, -0.15) is 0 Å². The molecule has 0 aromatic heterocycles. The van der Waals surface area contributed by atoms with Crippen LogP contribution in [0.25, 0.3) is 0 Å². The number of nitrogens with zero attached hydrogens (tertiary/aromatic N) is 1. The second-order valence-electron chi connectivity index (χ2n) is 5.89. The van der Waals surface area contributed by atoms with Gasteiger partial charge in [0.05, 0.1) is 12.0 Å². The molecule has 0 aromatic rings. The van der Waals surface area contributed by atoms with Crippen LogP contribution < -0.4 is 5.32 Å². The molecular formula is C14H24N2O3. The minimum Gasteiger partial charge on any atom is -0.481 e. The summed E-state index contributed by atoms with van der Waals surface area (Å²) in [5, 5.41) is 12.1. The molecule has 1 atom stereocenters. The van der Waals surface area contributed by atoms with Crippen molar-refractivity contribution in [3.63, 3.8) is 0 Å². The van der Waals surface area contributed by atoms with Crippen LogP contribution in [-0.4, -0.2) is 40.1 Å². The lowest BCUT2D eigenvalue weighted by Crippen LogP contribution is -2.53. The number of hydrogen-bond acceptors (Lipinski definition) is 2. The van der Waals surface area contributed by atoms with Crippen LogP contribution in [0.1, 0.15) is 58.3 Å². The van der Waals surface area contributed by atoms with Gasteiger partial charge in [0.1, 0.15) is 0 Å². The fraction of sp³-hybridized carbons (Fsp3) is 0.857. The first-order valence-corrected chi connectivity index (χ1v) is 7.37. The quantitative estimate of drug-likeness (QED) is 0.822. The monoisotopic (exact) mass is 268 g/mol. The Balaban J connectivity index is 2.01. The minimum absolute atomic E-state index is 0.0450. The number of urea groups is 1. The molecule has 0 aromatic carbocycles. The van der Waals surface area contributed by atoms with Gasteiger partial charge in [-0.3, -0.25) is 4.79 Å². The third-order valence-corrected chi connectivity index (χ3v) is 4.53. The highest BCUT2D eigenvalue weighted by Gasteiger charge is 2.39. The van der Waals surface area contributed by atoms with E-state index >= 15 is 0 Å². The van der Waals surface area contributed by atoms with Crippen LogP contribution in [0, 0.1) is 0 Å². The van der Waals surface area contributed by atoms with Gasteiger partial charge in [0.15, 0.2) is 0 Å². The number of amides is 2. The zero-order valence-electron chi connectivity index (χ0n) is 11.7. The average Bonchev–Trinajstić information content (AvgIpc) is 2.96. The molecule has 2 aliphatic rings. The lowest BCUT2D eigenvalue weighted by molar-refractivity contribution is -0.138. The third kappa shape index (κ3) is 3.19. The number of rotatable bonds is 4. The summed E-state index contributed by atoms with van der Waals surface area (Å²) in [6.45, 7) is 2.90. The van der Waals surface area contributed by atoms with Crippen molar-refractivity contribution in [2.45, 2.75) is 69.9 Å². The standard InChI is InChI=1S/C14H24N2O3/c1-2-11-6-5-9-16(11)13(19)15-14(10-12(17)18)7-3-4-8-14/h11H,2-10H2,1H3,(H,15,19)(H,17,18). The zero-order valence-corrected chi connectivity index (χ0v) is 11.7. The molecule has 1 saturated carbocycles. The van der Waals surface area contributed by atoms with Crippen LogP contribution in [0.5, 0.6) is 0 Å². The topological polar surface area (TPSA) is 69.6 Å². The Labute approximate surface area is 114 Å². The van der Waals surface area contributed by atoms with Gasteiger partial charge in [0.2, 0.25) is 0 Å². The van der Waals surface area contributed by atoms with Gasteiger partial charge < -0.3 is 15.3 Å². The SMILES string of the molecule is CCC1CCCN1C(=O)NC1(CC(=O)O)CCCC1. The summed E-state index contributed by atoms with van der Waals surface area (Å²) in [6.07, 6.45) is 6.72. The molecule has 5 nitrogen and oxygen atoms in total. The Morgan fingerprint density at radius 3 is 2.58 bits per heavy atom. The fourth-order valence-corrected chi connectivity index (χ4v) is 3.51. The number of carboxylic acid groups (broad SMARTS) is 1. The molecule has 1 unspecified atom stereocenters. The molecule has 1 heterocycles. The van der Waals surface area contributed by atoms with Crippen molar-refractivity contribution in [1.82, 2.24) is 10.2 Å². The highest BCUT2D eigenvalue weighted by atomic mass is 16.4. The van der Waals surface area contributed by atoms with Crippen molar-refractivity contribution in [2.75, 3.05) is 6.54 Å². The molecule has 1 aliphatic heterocycles. The van der Waals surface area contributed by atoms with Crippen molar-refractivity contribution in [2.24, 2.45) is 0 Å². The van der Waals surface area contributed by atoms with E-state index in [9.17, 15) is 9.59 Å². The summed E-state index contributed by atoms with van der Waals surface area (Å²) in [5.41, 5.74) is -0.510. The molecule has 0 radical (unpaired) electrons. The number of carbonyl (C=O) groups is 2. The first kappa shape index (κ1) is 14.2. The summed E-state index contributed by atoms with van der Waals surface area (Å²) >= 11 is 0. The van der Waals surface area contributed by atoms with Gasteiger partial charge in [-0.25, -0.2) is 4.79 Å². The van der Waals surface area contributed by atoms with Crippen molar-refractivity contribution in [1.29, 1.82) is 0 Å².